The second-order valence-corrected chi connectivity index (χ2v) is 19.4. The van der Waals surface area contributed by atoms with Gasteiger partial charge in [0, 0.05) is 37.3 Å². The number of alkyl halides is 6. The molecule has 58 heavy (non-hydrogen) atoms. The molecule has 326 valence electrons. The number of nitrogens with one attached hydrogen (secondary N) is 2. The lowest BCUT2D eigenvalue weighted by Crippen LogP contribution is -2.46. The average molecular weight is 875 g/mol. The number of nitrogens with two attached hydrogens (primary N) is 2. The number of hydrogen-bond acceptors (Lipinski definition) is 10. The third-order valence-electron chi connectivity index (χ3n) is 11.9. The fourth-order valence-corrected chi connectivity index (χ4v) is 12.4. The van der Waals surface area contributed by atoms with E-state index in [1.54, 1.807) is 0 Å². The predicted molar refractivity (Wildman–Crippen MR) is 199 cm³/mol. The van der Waals surface area contributed by atoms with Crippen molar-refractivity contribution in [3.8, 4) is 0 Å². The number of carbonyl (C=O) groups is 4. The highest BCUT2D eigenvalue weighted by Gasteiger charge is 2.68. The van der Waals surface area contributed by atoms with Gasteiger partial charge in [-0.25, -0.2) is 35.9 Å². The number of carboxylic acid groups (broad SMARTS) is 2. The number of sulfonamides is 2. The zero-order chi connectivity index (χ0) is 44.5. The number of rotatable bonds is 12. The summed E-state index contributed by atoms with van der Waals surface area (Å²) in [6.45, 7) is 8.64. The third kappa shape index (κ3) is 9.83. The fraction of sp³-hybridized carbons (Fsp3) is 0.611. The summed E-state index contributed by atoms with van der Waals surface area (Å²) in [4.78, 5) is 45.5. The maximum absolute atomic E-state index is 13.8. The second-order valence-electron chi connectivity index (χ2n) is 15.8. The number of ketones is 2. The number of fused-ring (bicyclic) bond motifs is 4. The van der Waals surface area contributed by atoms with Gasteiger partial charge in [0.05, 0.1) is 22.3 Å². The van der Waals surface area contributed by atoms with E-state index in [2.05, 4.69) is 9.44 Å². The Balaban J connectivity index is 0.000000550. The molecule has 0 aromatic heterocycles. The van der Waals surface area contributed by atoms with Gasteiger partial charge in [0.25, 0.3) is 0 Å². The molecule has 4 fully saturated rings. The molecule has 0 aliphatic heterocycles. The van der Waals surface area contributed by atoms with Crippen LogP contribution in [0.25, 0.3) is 12.2 Å². The lowest BCUT2D eigenvalue weighted by Gasteiger charge is -2.35. The van der Waals surface area contributed by atoms with Crippen molar-refractivity contribution < 1.29 is 72.6 Å². The van der Waals surface area contributed by atoms with E-state index in [0.29, 0.717) is 24.0 Å². The third-order valence-corrected chi connectivity index (χ3v) is 15.0. The van der Waals surface area contributed by atoms with E-state index in [4.69, 9.17) is 31.3 Å². The topological polar surface area (TPSA) is 253 Å². The first-order valence-electron chi connectivity index (χ1n) is 17.9. The normalized spacial score (nSPS) is 27.3. The quantitative estimate of drug-likeness (QED) is 0.130. The lowest BCUT2D eigenvalue weighted by molar-refractivity contribution is -0.193. The Morgan fingerprint density at radius 2 is 0.966 bits per heavy atom. The summed E-state index contributed by atoms with van der Waals surface area (Å²) in [5.74, 6) is -6.28. The molecule has 4 saturated carbocycles. The molecular weight excluding hydrogens is 827 g/mol. The molecule has 5 rings (SSSR count). The largest absolute Gasteiger partial charge is 0.490 e. The van der Waals surface area contributed by atoms with Gasteiger partial charge in [-0.15, -0.1) is 0 Å². The highest BCUT2D eigenvalue weighted by Crippen LogP contribution is 2.67. The molecule has 0 spiro atoms. The SMILES string of the molecule is CC1(C)C2CCC1(CS(=O)(=O)NCCN)C(=O)/C2=C\c1ccc(/C=C2\C(=O)C3(CS(=O)(=O)NCCN)CCC2C3(C)C)cc1.O=C(O)C(F)(F)F.O=C(O)C(F)(F)F. The van der Waals surface area contributed by atoms with E-state index in [9.17, 15) is 52.8 Å². The van der Waals surface area contributed by atoms with Crippen LogP contribution in [-0.4, -0.2) is 101 Å². The number of halogens is 6. The van der Waals surface area contributed by atoms with Gasteiger partial charge in [0.15, 0.2) is 11.6 Å². The van der Waals surface area contributed by atoms with E-state index in [-0.39, 0.29) is 61.1 Å². The van der Waals surface area contributed by atoms with Crippen molar-refractivity contribution in [1.29, 1.82) is 0 Å². The maximum Gasteiger partial charge on any atom is 0.490 e. The number of carbonyl (C=O) groups excluding carboxylic acids is 2. The molecule has 1 aromatic carbocycles. The summed E-state index contributed by atoms with van der Waals surface area (Å²) in [7, 11) is -7.36. The first kappa shape index (κ1) is 48.7. The van der Waals surface area contributed by atoms with Crippen LogP contribution >= 0.6 is 0 Å². The van der Waals surface area contributed by atoms with Gasteiger partial charge in [0.2, 0.25) is 20.0 Å². The molecule has 0 amide bonds. The van der Waals surface area contributed by atoms with Crippen LogP contribution < -0.4 is 20.9 Å². The summed E-state index contributed by atoms with van der Waals surface area (Å²) in [6, 6.07) is 7.60. The van der Waals surface area contributed by atoms with Crippen molar-refractivity contribution in [2.45, 2.75) is 65.7 Å². The first-order valence-corrected chi connectivity index (χ1v) is 21.2. The Morgan fingerprint density at radius 1 is 0.690 bits per heavy atom. The average Bonchev–Trinajstić information content (AvgIpc) is 3.60. The molecule has 4 atom stereocenters. The van der Waals surface area contributed by atoms with E-state index in [1.807, 2.05) is 64.1 Å². The molecule has 0 heterocycles. The number of allylic oxidation sites excluding steroid dienone is 2. The standard InChI is InChI=1S/C32H46N4O6S2.2C2HF3O2/c1-29(2)25-9-11-31(29,19-43(39,40)35-15-13-33)27(37)23(25)17-21-5-7-22(8-6-21)18-24-26-10-12-32(28(24)38,30(26,3)4)20-44(41,42)36-16-14-34;2*3-2(4,5)1(6)7/h5-8,17-18,25-26,35-36H,9-16,19-20,33-34H2,1-4H3;2*(H,6,7)/b23-17-,24-18-;;. The molecule has 1 aromatic rings. The Kier molecular flexibility index (Phi) is 14.4. The van der Waals surface area contributed by atoms with Gasteiger partial charge < -0.3 is 21.7 Å². The summed E-state index contributed by atoms with van der Waals surface area (Å²) in [5.41, 5.74) is 11.0. The van der Waals surface area contributed by atoms with Gasteiger partial charge in [-0.2, -0.15) is 26.3 Å². The van der Waals surface area contributed by atoms with Crippen molar-refractivity contribution in [3.63, 3.8) is 0 Å². The van der Waals surface area contributed by atoms with Gasteiger partial charge in [-0.05, 0) is 71.6 Å². The van der Waals surface area contributed by atoms with Crippen molar-refractivity contribution in [3.05, 3.63) is 46.5 Å². The van der Waals surface area contributed by atoms with Crippen molar-refractivity contribution in [2.24, 2.45) is 45.0 Å². The smallest absolute Gasteiger partial charge is 0.475 e. The van der Waals surface area contributed by atoms with Crippen LogP contribution in [-0.2, 0) is 39.2 Å². The van der Waals surface area contributed by atoms with Crippen LogP contribution in [0.3, 0.4) is 0 Å². The van der Waals surface area contributed by atoms with Crippen LogP contribution in [0.2, 0.25) is 0 Å². The highest BCUT2D eigenvalue weighted by molar-refractivity contribution is 7.89. The van der Waals surface area contributed by atoms with Crippen LogP contribution in [0.4, 0.5) is 26.3 Å². The summed E-state index contributed by atoms with van der Waals surface area (Å²) >= 11 is 0. The molecule has 4 aliphatic rings. The molecular formula is C36H48F6N4O10S2. The Hall–Kier alpha value is -3.70. The van der Waals surface area contributed by atoms with Crippen LogP contribution in [0, 0.1) is 33.5 Å². The maximum atomic E-state index is 13.8. The zero-order valence-corrected chi connectivity index (χ0v) is 33.7. The molecule has 8 N–H and O–H groups in total. The number of aliphatic carboxylic acids is 2. The molecule has 4 bridgehead atoms. The number of Topliss-reactive ketones (excluding diaryl/α,β-unsaturated/α-hetero) is 2. The lowest BCUT2D eigenvalue weighted by atomic mass is 9.70. The molecule has 4 unspecified atom stereocenters. The van der Waals surface area contributed by atoms with Crippen molar-refractivity contribution in [2.75, 3.05) is 37.7 Å². The Labute approximate surface area is 332 Å². The van der Waals surface area contributed by atoms with E-state index in [0.717, 1.165) is 24.0 Å². The molecule has 0 radical (unpaired) electrons. The van der Waals surface area contributed by atoms with Gasteiger partial charge in [0.1, 0.15) is 0 Å². The molecule has 0 saturated heterocycles. The first-order chi connectivity index (χ1) is 26.4. The predicted octanol–water partition coefficient (Wildman–Crippen LogP) is 3.49. The van der Waals surface area contributed by atoms with Crippen LogP contribution in [0.1, 0.15) is 64.5 Å². The van der Waals surface area contributed by atoms with Gasteiger partial charge >= 0.3 is 24.3 Å². The van der Waals surface area contributed by atoms with Crippen LogP contribution in [0.15, 0.2) is 35.4 Å². The Morgan fingerprint density at radius 3 is 1.21 bits per heavy atom. The van der Waals surface area contributed by atoms with Crippen molar-refractivity contribution in [1.82, 2.24) is 9.44 Å². The minimum atomic E-state index is -5.08. The number of carboxylic acids is 2. The molecule has 4 aliphatic carbocycles. The van der Waals surface area contributed by atoms with E-state index >= 15 is 0 Å². The minimum absolute atomic E-state index is 0.0396. The molecule has 22 heteroatoms. The fourth-order valence-electron chi connectivity index (χ4n) is 8.79. The van der Waals surface area contributed by atoms with Crippen molar-refractivity contribution >= 4 is 55.7 Å². The van der Waals surface area contributed by atoms with Gasteiger partial charge in [-0.3, -0.25) is 9.59 Å². The summed E-state index contributed by atoms with van der Waals surface area (Å²) in [5, 5.41) is 14.2. The van der Waals surface area contributed by atoms with Crippen LogP contribution in [0.5, 0.6) is 0 Å². The Bertz CT molecular complexity index is 1900. The molecule has 14 nitrogen and oxygen atoms in total. The van der Waals surface area contributed by atoms with E-state index < -0.39 is 66.0 Å². The highest BCUT2D eigenvalue weighted by atomic mass is 32.2. The summed E-state index contributed by atoms with van der Waals surface area (Å²) in [6.07, 6.45) is -3.83. The zero-order valence-electron chi connectivity index (χ0n) is 32.1. The second kappa shape index (κ2) is 17.1. The monoisotopic (exact) mass is 874 g/mol. The van der Waals surface area contributed by atoms with E-state index in [1.165, 1.54) is 0 Å². The number of benzene rings is 1. The number of hydrogen-bond donors (Lipinski definition) is 6. The minimum Gasteiger partial charge on any atom is -0.475 e. The van der Waals surface area contributed by atoms with Gasteiger partial charge in [-0.1, -0.05) is 52.0 Å². The summed E-state index contributed by atoms with van der Waals surface area (Å²) < 4.78 is 120.